The van der Waals surface area contributed by atoms with Crippen LogP contribution in [-0.4, -0.2) is 27.1 Å². The molecule has 0 saturated carbocycles. The number of Topliss-reactive ketones (excluding diaryl/α,β-unsaturated/α-hetero) is 1. The van der Waals surface area contributed by atoms with E-state index in [-0.39, 0.29) is 29.3 Å². The molecule has 0 saturated heterocycles. The van der Waals surface area contributed by atoms with Crippen LogP contribution in [-0.2, 0) is 19.6 Å². The van der Waals surface area contributed by atoms with Crippen molar-refractivity contribution in [2.24, 2.45) is 0 Å². The van der Waals surface area contributed by atoms with Crippen molar-refractivity contribution >= 4 is 11.8 Å². The minimum atomic E-state index is -0.931. The lowest BCUT2D eigenvalue weighted by molar-refractivity contribution is 0.0696. The number of aromatic carboxylic acids is 1. The molecule has 5 rings (SSSR count). The van der Waals surface area contributed by atoms with Gasteiger partial charge >= 0.3 is 5.97 Å². The first kappa shape index (κ1) is 29.4. The molecule has 0 atom stereocenters. The normalized spacial score (nSPS) is 10.2. The first-order valence-corrected chi connectivity index (χ1v) is 13.2. The molecule has 7 heteroatoms. The Kier molecular flexibility index (Phi) is 10.3. The molecule has 0 aliphatic carbocycles. The van der Waals surface area contributed by atoms with Gasteiger partial charge < -0.3 is 24.8 Å². The number of hydrogen-bond donors (Lipinski definition) is 3. The largest absolute Gasteiger partial charge is 0.508 e. The summed E-state index contributed by atoms with van der Waals surface area (Å²) >= 11 is 0. The zero-order valence-electron chi connectivity index (χ0n) is 22.7. The number of carboxylic acids is 1. The molecule has 0 aliphatic rings. The van der Waals surface area contributed by atoms with Gasteiger partial charge in [-0.3, -0.25) is 4.79 Å². The zero-order chi connectivity index (χ0) is 29.7. The van der Waals surface area contributed by atoms with Crippen LogP contribution >= 0.6 is 0 Å². The lowest BCUT2D eigenvalue weighted by Crippen LogP contribution is -2.04. The molecule has 0 fully saturated rings. The molecule has 0 spiro atoms. The molecule has 5 aromatic rings. The van der Waals surface area contributed by atoms with Crippen molar-refractivity contribution in [1.82, 2.24) is 0 Å². The number of benzene rings is 5. The third kappa shape index (κ3) is 8.99. The second kappa shape index (κ2) is 14.7. The maximum atomic E-state index is 12.3. The van der Waals surface area contributed by atoms with Gasteiger partial charge in [0.05, 0.1) is 5.56 Å². The molecular weight excluding hydrogens is 532 g/mol. The molecule has 0 bridgehead atoms. The number of phenolic OH excluding ortho intramolecular Hbond substituents is 2. The Balaban J connectivity index is 0.000000208. The van der Waals surface area contributed by atoms with Gasteiger partial charge in [-0.1, -0.05) is 66.7 Å². The monoisotopic (exact) mass is 562 g/mol. The second-order valence-corrected chi connectivity index (χ2v) is 9.32. The number of carbonyl (C=O) groups excluding carboxylic acids is 1. The maximum absolute atomic E-state index is 12.3. The number of carboxylic acid groups (broad SMARTS) is 1. The van der Waals surface area contributed by atoms with E-state index in [1.54, 1.807) is 42.5 Å². The smallest absolute Gasteiger partial charge is 0.335 e. The van der Waals surface area contributed by atoms with E-state index < -0.39 is 5.97 Å². The number of phenols is 2. The summed E-state index contributed by atoms with van der Waals surface area (Å²) in [6.45, 7) is 0.947. The van der Waals surface area contributed by atoms with Crippen LogP contribution in [0.2, 0.25) is 0 Å². The Morgan fingerprint density at radius 2 is 1.05 bits per heavy atom. The SMILES string of the molecule is O=C(Cc1ccc(O)cc1O)c1ccc(OCc2ccccc2)cc1.O=C(O)c1ccc(OCc2ccccc2)cc1. The number of carbonyl (C=O) groups is 2. The molecule has 7 nitrogen and oxygen atoms in total. The van der Waals surface area contributed by atoms with Crippen LogP contribution in [0.5, 0.6) is 23.0 Å². The van der Waals surface area contributed by atoms with E-state index in [9.17, 15) is 19.8 Å². The summed E-state index contributed by atoms with van der Waals surface area (Å²) in [5.41, 5.74) is 3.43. The highest BCUT2D eigenvalue weighted by Gasteiger charge is 2.11. The van der Waals surface area contributed by atoms with E-state index in [1.165, 1.54) is 24.3 Å². The van der Waals surface area contributed by atoms with E-state index in [4.69, 9.17) is 14.6 Å². The highest BCUT2D eigenvalue weighted by molar-refractivity contribution is 5.97. The van der Waals surface area contributed by atoms with Gasteiger partial charge in [0.25, 0.3) is 0 Å². The highest BCUT2D eigenvalue weighted by atomic mass is 16.5. The Labute approximate surface area is 243 Å². The van der Waals surface area contributed by atoms with Gasteiger partial charge in [-0.15, -0.1) is 0 Å². The summed E-state index contributed by atoms with van der Waals surface area (Å²) in [5, 5.41) is 27.8. The van der Waals surface area contributed by atoms with E-state index >= 15 is 0 Å². The Morgan fingerprint density at radius 3 is 1.50 bits per heavy atom. The van der Waals surface area contributed by atoms with Gasteiger partial charge in [-0.05, 0) is 65.7 Å². The average molecular weight is 563 g/mol. The van der Waals surface area contributed by atoms with Crippen LogP contribution in [0, 0.1) is 0 Å². The lowest BCUT2D eigenvalue weighted by Gasteiger charge is -2.08. The first-order chi connectivity index (χ1) is 20.4. The van der Waals surface area contributed by atoms with Crippen molar-refractivity contribution in [3.8, 4) is 23.0 Å². The van der Waals surface area contributed by atoms with Crippen LogP contribution in [0.15, 0.2) is 127 Å². The molecule has 0 aliphatic heterocycles. The van der Waals surface area contributed by atoms with Gasteiger partial charge in [-0.2, -0.15) is 0 Å². The van der Waals surface area contributed by atoms with E-state index in [2.05, 4.69) is 0 Å². The van der Waals surface area contributed by atoms with Gasteiger partial charge in [-0.25, -0.2) is 4.79 Å². The highest BCUT2D eigenvalue weighted by Crippen LogP contribution is 2.24. The number of hydrogen-bond acceptors (Lipinski definition) is 6. The summed E-state index contributed by atoms with van der Waals surface area (Å²) < 4.78 is 11.2. The quantitative estimate of drug-likeness (QED) is 0.156. The molecule has 0 radical (unpaired) electrons. The molecule has 0 unspecified atom stereocenters. The van der Waals surface area contributed by atoms with Crippen molar-refractivity contribution in [1.29, 1.82) is 0 Å². The van der Waals surface area contributed by atoms with E-state index in [0.717, 1.165) is 11.1 Å². The fourth-order valence-electron chi connectivity index (χ4n) is 3.89. The fourth-order valence-corrected chi connectivity index (χ4v) is 3.89. The van der Waals surface area contributed by atoms with Gasteiger partial charge in [0.15, 0.2) is 5.78 Å². The van der Waals surface area contributed by atoms with Crippen LogP contribution < -0.4 is 9.47 Å². The van der Waals surface area contributed by atoms with Gasteiger partial charge in [0.2, 0.25) is 0 Å². The van der Waals surface area contributed by atoms with Crippen molar-refractivity contribution in [2.45, 2.75) is 19.6 Å². The third-order valence-electron chi connectivity index (χ3n) is 6.19. The summed E-state index contributed by atoms with van der Waals surface area (Å²) in [4.78, 5) is 23.0. The zero-order valence-corrected chi connectivity index (χ0v) is 22.7. The Bertz CT molecular complexity index is 1580. The Hall–Kier alpha value is -5.56. The number of rotatable bonds is 10. The molecular formula is C35H30O7. The summed E-state index contributed by atoms with van der Waals surface area (Å²) in [5.74, 6) is 0.187. The van der Waals surface area contributed by atoms with Crippen molar-refractivity contribution < 1.29 is 34.4 Å². The van der Waals surface area contributed by atoms with Crippen LogP contribution in [0.25, 0.3) is 0 Å². The van der Waals surface area contributed by atoms with Crippen molar-refractivity contribution in [3.63, 3.8) is 0 Å². The lowest BCUT2D eigenvalue weighted by atomic mass is 10.0. The van der Waals surface area contributed by atoms with E-state index in [0.29, 0.717) is 35.8 Å². The average Bonchev–Trinajstić information content (AvgIpc) is 3.02. The Morgan fingerprint density at radius 1 is 0.571 bits per heavy atom. The first-order valence-electron chi connectivity index (χ1n) is 13.2. The number of aromatic hydroxyl groups is 2. The molecule has 212 valence electrons. The van der Waals surface area contributed by atoms with Crippen LogP contribution in [0.4, 0.5) is 0 Å². The number of ketones is 1. The molecule has 5 aromatic carbocycles. The molecule has 42 heavy (non-hydrogen) atoms. The predicted octanol–water partition coefficient (Wildman–Crippen LogP) is 7.07. The van der Waals surface area contributed by atoms with Gasteiger partial charge in [0, 0.05) is 23.6 Å². The van der Waals surface area contributed by atoms with Crippen LogP contribution in [0.3, 0.4) is 0 Å². The van der Waals surface area contributed by atoms with Gasteiger partial charge in [0.1, 0.15) is 36.2 Å². The topological polar surface area (TPSA) is 113 Å². The minimum Gasteiger partial charge on any atom is -0.508 e. The predicted molar refractivity (Wildman–Crippen MR) is 159 cm³/mol. The molecule has 0 heterocycles. The summed E-state index contributed by atoms with van der Waals surface area (Å²) in [6, 6.07) is 37.2. The molecule has 0 amide bonds. The fraction of sp³-hybridized carbons (Fsp3) is 0.0857. The third-order valence-corrected chi connectivity index (χ3v) is 6.19. The van der Waals surface area contributed by atoms with E-state index in [1.807, 2.05) is 60.7 Å². The summed E-state index contributed by atoms with van der Waals surface area (Å²) in [7, 11) is 0. The molecule has 0 aromatic heterocycles. The van der Waals surface area contributed by atoms with Crippen LogP contribution in [0.1, 0.15) is 37.4 Å². The second-order valence-electron chi connectivity index (χ2n) is 9.32. The standard InChI is InChI=1S/C21H18O4.C14H12O3/c22-18-9-6-17(21(24)13-18)12-20(23)16-7-10-19(11-8-16)25-14-15-4-2-1-3-5-15;15-14(16)12-6-8-13(9-7-12)17-10-11-4-2-1-3-5-11/h1-11,13,22,24H,12,14H2;1-9H,10H2,(H,15,16). The minimum absolute atomic E-state index is 0.0337. The van der Waals surface area contributed by atoms with Crippen molar-refractivity contribution in [2.75, 3.05) is 0 Å². The summed E-state index contributed by atoms with van der Waals surface area (Å²) in [6.07, 6.45) is 0.0658. The van der Waals surface area contributed by atoms with Crippen molar-refractivity contribution in [3.05, 3.63) is 155 Å². The number of ether oxygens (including phenoxy) is 2. The maximum Gasteiger partial charge on any atom is 0.335 e. The molecule has 3 N–H and O–H groups in total.